The number of carbonyl (C=O) groups is 2. The molecule has 1 aromatic rings. The third-order valence-corrected chi connectivity index (χ3v) is 7.46. The standard InChI is InChI=1S/C20H31N3O5S/c1-5-20(4,26)14-21-19(25)15-12-18(24)23(13-15)16-8-10-17(11-9-16)29(27,28)22(6-2)7-3/h8-11,15,26H,5-7,12-14H2,1-4H3,(H,21,25)/t15-,20+/m0/s1. The van der Waals surface area contributed by atoms with E-state index < -0.39 is 21.5 Å². The van der Waals surface area contributed by atoms with Crippen molar-refractivity contribution in [2.24, 2.45) is 5.92 Å². The first-order valence-electron chi connectivity index (χ1n) is 9.96. The van der Waals surface area contributed by atoms with Crippen molar-refractivity contribution in [3.8, 4) is 0 Å². The number of sulfonamides is 1. The van der Waals surface area contributed by atoms with Gasteiger partial charge >= 0.3 is 0 Å². The zero-order valence-corrected chi connectivity index (χ0v) is 18.3. The van der Waals surface area contributed by atoms with E-state index in [9.17, 15) is 23.1 Å². The fourth-order valence-electron chi connectivity index (χ4n) is 3.19. The smallest absolute Gasteiger partial charge is 0.243 e. The number of carbonyl (C=O) groups excluding carboxylic acids is 2. The van der Waals surface area contributed by atoms with Gasteiger partial charge in [-0.05, 0) is 37.6 Å². The molecule has 1 fully saturated rings. The van der Waals surface area contributed by atoms with Crippen molar-refractivity contribution in [3.63, 3.8) is 0 Å². The molecule has 0 radical (unpaired) electrons. The fraction of sp³-hybridized carbons (Fsp3) is 0.600. The first-order valence-corrected chi connectivity index (χ1v) is 11.4. The SMILES string of the molecule is CCN(CC)S(=O)(=O)c1ccc(N2C[C@@H](C(=O)NC[C@](C)(O)CC)CC2=O)cc1. The first-order chi connectivity index (χ1) is 13.6. The lowest BCUT2D eigenvalue weighted by Gasteiger charge is -2.23. The minimum absolute atomic E-state index is 0.0829. The molecule has 8 nitrogen and oxygen atoms in total. The van der Waals surface area contributed by atoms with E-state index in [0.717, 1.165) is 0 Å². The van der Waals surface area contributed by atoms with Crippen molar-refractivity contribution < 1.29 is 23.1 Å². The quantitative estimate of drug-likeness (QED) is 0.621. The maximum Gasteiger partial charge on any atom is 0.243 e. The molecule has 0 saturated carbocycles. The number of rotatable bonds is 9. The van der Waals surface area contributed by atoms with E-state index in [-0.39, 0.29) is 36.2 Å². The molecule has 2 atom stereocenters. The Morgan fingerprint density at radius 2 is 1.83 bits per heavy atom. The largest absolute Gasteiger partial charge is 0.388 e. The molecule has 1 saturated heterocycles. The third-order valence-electron chi connectivity index (χ3n) is 5.39. The molecule has 1 aliphatic heterocycles. The van der Waals surface area contributed by atoms with Crippen LogP contribution in [0.5, 0.6) is 0 Å². The van der Waals surface area contributed by atoms with Gasteiger partial charge in [-0.3, -0.25) is 9.59 Å². The average Bonchev–Trinajstić information content (AvgIpc) is 3.09. The molecule has 0 aliphatic carbocycles. The van der Waals surface area contributed by atoms with E-state index in [1.54, 1.807) is 32.9 Å². The summed E-state index contributed by atoms with van der Waals surface area (Å²) in [6.45, 7) is 8.16. The highest BCUT2D eigenvalue weighted by Crippen LogP contribution is 2.27. The van der Waals surface area contributed by atoms with Crippen LogP contribution in [-0.4, -0.2) is 61.4 Å². The van der Waals surface area contributed by atoms with E-state index in [4.69, 9.17) is 0 Å². The van der Waals surface area contributed by atoms with Crippen molar-refractivity contribution in [1.82, 2.24) is 9.62 Å². The van der Waals surface area contributed by atoms with Gasteiger partial charge in [-0.1, -0.05) is 20.8 Å². The predicted octanol–water partition coefficient (Wildman–Crippen LogP) is 1.35. The van der Waals surface area contributed by atoms with Gasteiger partial charge in [0.05, 0.1) is 16.4 Å². The Kier molecular flexibility index (Phi) is 7.42. The van der Waals surface area contributed by atoms with Crippen molar-refractivity contribution in [3.05, 3.63) is 24.3 Å². The summed E-state index contributed by atoms with van der Waals surface area (Å²) < 4.78 is 26.5. The summed E-state index contributed by atoms with van der Waals surface area (Å²) in [6.07, 6.45) is 0.589. The minimum atomic E-state index is -3.56. The molecule has 0 spiro atoms. The zero-order valence-electron chi connectivity index (χ0n) is 17.5. The molecule has 2 N–H and O–H groups in total. The number of nitrogens with zero attached hydrogens (tertiary/aromatic N) is 2. The van der Waals surface area contributed by atoms with Crippen molar-refractivity contribution >= 4 is 27.5 Å². The highest BCUT2D eigenvalue weighted by atomic mass is 32.2. The van der Waals surface area contributed by atoms with E-state index in [0.29, 0.717) is 25.2 Å². The van der Waals surface area contributed by atoms with Gasteiger partial charge in [0.1, 0.15) is 0 Å². The van der Waals surface area contributed by atoms with Crippen molar-refractivity contribution in [2.45, 2.75) is 51.0 Å². The van der Waals surface area contributed by atoms with Gasteiger partial charge < -0.3 is 15.3 Å². The average molecular weight is 426 g/mol. The number of amides is 2. The second kappa shape index (κ2) is 9.23. The summed E-state index contributed by atoms with van der Waals surface area (Å²) in [6, 6.07) is 6.16. The van der Waals surface area contributed by atoms with E-state index in [1.807, 2.05) is 6.92 Å². The molecule has 2 rings (SSSR count). The monoisotopic (exact) mass is 425 g/mol. The molecule has 0 bridgehead atoms. The van der Waals surface area contributed by atoms with Crippen LogP contribution in [0.2, 0.25) is 0 Å². The van der Waals surface area contributed by atoms with Gasteiger partial charge in [-0.25, -0.2) is 8.42 Å². The van der Waals surface area contributed by atoms with Gasteiger partial charge in [-0.15, -0.1) is 0 Å². The number of hydrogen-bond donors (Lipinski definition) is 2. The first kappa shape index (κ1) is 23.3. The Labute approximate surface area is 172 Å². The molecule has 9 heteroatoms. The highest BCUT2D eigenvalue weighted by Gasteiger charge is 2.36. The Morgan fingerprint density at radius 1 is 1.24 bits per heavy atom. The van der Waals surface area contributed by atoms with E-state index in [2.05, 4.69) is 5.32 Å². The number of nitrogens with one attached hydrogen (secondary N) is 1. The minimum Gasteiger partial charge on any atom is -0.388 e. The Morgan fingerprint density at radius 3 is 2.34 bits per heavy atom. The molecule has 2 amide bonds. The Hall–Kier alpha value is -1.97. The number of benzene rings is 1. The van der Waals surface area contributed by atoms with Crippen LogP contribution < -0.4 is 10.2 Å². The van der Waals surface area contributed by atoms with Crippen LogP contribution in [0.15, 0.2) is 29.2 Å². The van der Waals surface area contributed by atoms with Gasteiger partial charge in [0.15, 0.2) is 0 Å². The molecule has 1 aliphatic rings. The van der Waals surface area contributed by atoms with Gasteiger partial charge in [0, 0.05) is 38.3 Å². The number of aliphatic hydroxyl groups is 1. The summed E-state index contributed by atoms with van der Waals surface area (Å²) in [7, 11) is -3.56. The highest BCUT2D eigenvalue weighted by molar-refractivity contribution is 7.89. The lowest BCUT2D eigenvalue weighted by molar-refractivity contribution is -0.127. The second-order valence-electron chi connectivity index (χ2n) is 7.56. The Balaban J connectivity index is 2.08. The van der Waals surface area contributed by atoms with Crippen molar-refractivity contribution in [1.29, 1.82) is 0 Å². The summed E-state index contributed by atoms with van der Waals surface area (Å²) in [5.41, 5.74) is -0.422. The third kappa shape index (κ3) is 5.34. The summed E-state index contributed by atoms with van der Waals surface area (Å²) in [5, 5.41) is 12.7. The maximum absolute atomic E-state index is 12.6. The van der Waals surface area contributed by atoms with Gasteiger partial charge in [0.25, 0.3) is 0 Å². The molecule has 29 heavy (non-hydrogen) atoms. The molecular weight excluding hydrogens is 394 g/mol. The van der Waals surface area contributed by atoms with Crippen LogP contribution in [0, 0.1) is 5.92 Å². The molecule has 0 aromatic heterocycles. The lowest BCUT2D eigenvalue weighted by Crippen LogP contribution is -2.43. The zero-order chi connectivity index (χ0) is 21.8. The van der Waals surface area contributed by atoms with E-state index >= 15 is 0 Å². The number of anilines is 1. The van der Waals surface area contributed by atoms with Crippen LogP contribution in [-0.2, 0) is 19.6 Å². The molecule has 162 valence electrons. The van der Waals surface area contributed by atoms with Crippen LogP contribution in [0.25, 0.3) is 0 Å². The molecule has 1 aromatic carbocycles. The van der Waals surface area contributed by atoms with E-state index in [1.165, 1.54) is 21.3 Å². The molecular formula is C20H31N3O5S. The summed E-state index contributed by atoms with van der Waals surface area (Å²) in [5.74, 6) is -0.962. The normalized spacial score (nSPS) is 19.4. The van der Waals surface area contributed by atoms with Gasteiger partial charge in [0.2, 0.25) is 21.8 Å². The van der Waals surface area contributed by atoms with Crippen LogP contribution >= 0.6 is 0 Å². The second-order valence-corrected chi connectivity index (χ2v) is 9.49. The van der Waals surface area contributed by atoms with Gasteiger partial charge in [-0.2, -0.15) is 4.31 Å². The van der Waals surface area contributed by atoms with Crippen molar-refractivity contribution in [2.75, 3.05) is 31.1 Å². The summed E-state index contributed by atoms with van der Waals surface area (Å²) >= 11 is 0. The maximum atomic E-state index is 12.6. The predicted molar refractivity (Wildman–Crippen MR) is 111 cm³/mol. The molecule has 0 unspecified atom stereocenters. The molecule has 1 heterocycles. The summed E-state index contributed by atoms with van der Waals surface area (Å²) in [4.78, 5) is 26.4. The fourth-order valence-corrected chi connectivity index (χ4v) is 4.65. The van der Waals surface area contributed by atoms with Crippen LogP contribution in [0.1, 0.15) is 40.5 Å². The number of hydrogen-bond acceptors (Lipinski definition) is 5. The van der Waals surface area contributed by atoms with Crippen LogP contribution in [0.3, 0.4) is 0 Å². The topological polar surface area (TPSA) is 107 Å². The Bertz CT molecular complexity index is 832. The van der Waals surface area contributed by atoms with Crippen LogP contribution in [0.4, 0.5) is 5.69 Å². The lowest BCUT2D eigenvalue weighted by atomic mass is 10.0.